The third kappa shape index (κ3) is 7.72. The van der Waals surface area contributed by atoms with Crippen LogP contribution in [-0.4, -0.2) is 98.5 Å². The van der Waals surface area contributed by atoms with E-state index in [2.05, 4.69) is 35.9 Å². The van der Waals surface area contributed by atoms with E-state index in [4.69, 9.17) is 16.3 Å². The first-order chi connectivity index (χ1) is 30.2. The van der Waals surface area contributed by atoms with Crippen LogP contribution < -0.4 is 31.1 Å². The minimum Gasteiger partial charge on any atom is -0.480 e. The second kappa shape index (κ2) is 15.9. The summed E-state index contributed by atoms with van der Waals surface area (Å²) >= 11 is 6.57. The summed E-state index contributed by atoms with van der Waals surface area (Å²) in [6.07, 6.45) is 4.17. The Kier molecular flexibility index (Phi) is 10.5. The Hall–Kier alpha value is -5.49. The number of nitrogens with zero attached hydrogens (tertiary/aromatic N) is 7. The average Bonchev–Trinajstić information content (AvgIpc) is 4.07. The molecule has 3 N–H and O–H groups in total. The van der Waals surface area contributed by atoms with Crippen LogP contribution in [0.4, 0.5) is 40.7 Å². The molecule has 0 spiro atoms. The molecule has 4 atom stereocenters. The first-order valence-electron chi connectivity index (χ1n) is 21.6. The van der Waals surface area contributed by atoms with Crippen molar-refractivity contribution in [2.45, 2.75) is 74.9 Å². The lowest BCUT2D eigenvalue weighted by Crippen LogP contribution is -2.47. The monoisotopic (exact) mass is 890 g/mol. The molecular formula is C44H47ClF4N10O4. The highest BCUT2D eigenvalue weighted by atomic mass is 35.5. The lowest BCUT2D eigenvalue weighted by molar-refractivity contribution is -0.134. The molecule has 5 aromatic rings. The van der Waals surface area contributed by atoms with Gasteiger partial charge in [-0.15, -0.1) is 0 Å². The van der Waals surface area contributed by atoms with Gasteiger partial charge in [0.15, 0.2) is 12.4 Å². The number of halogens is 5. The first-order valence-corrected chi connectivity index (χ1v) is 21.9. The van der Waals surface area contributed by atoms with Crippen molar-refractivity contribution in [3.05, 3.63) is 69.0 Å². The van der Waals surface area contributed by atoms with E-state index in [9.17, 15) is 14.4 Å². The van der Waals surface area contributed by atoms with E-state index in [0.29, 0.717) is 104 Å². The van der Waals surface area contributed by atoms with Gasteiger partial charge in [-0.2, -0.15) is 10.1 Å². The summed E-state index contributed by atoms with van der Waals surface area (Å²) in [7, 11) is 3.34. The number of alkyl halides is 3. The summed E-state index contributed by atoms with van der Waals surface area (Å²) in [6, 6.07) is 7.33. The number of carbonyl (C=O) groups is 2. The van der Waals surface area contributed by atoms with Crippen LogP contribution in [0.3, 0.4) is 0 Å². The fourth-order valence-electron chi connectivity index (χ4n) is 9.96. The maximum absolute atomic E-state index is 16.0. The number of fused-ring (bicyclic) bond motifs is 4. The molecule has 19 heteroatoms. The van der Waals surface area contributed by atoms with Crippen LogP contribution in [0.2, 0.25) is 5.02 Å². The van der Waals surface area contributed by atoms with Crippen LogP contribution in [0, 0.1) is 17.7 Å². The van der Waals surface area contributed by atoms with Crippen LogP contribution in [0.25, 0.3) is 21.8 Å². The zero-order valence-corrected chi connectivity index (χ0v) is 35.5. The van der Waals surface area contributed by atoms with Crippen LogP contribution in [-0.2, 0) is 23.7 Å². The summed E-state index contributed by atoms with van der Waals surface area (Å²) in [4.78, 5) is 50.7. The third-order valence-corrected chi connectivity index (χ3v) is 13.9. The first kappa shape index (κ1) is 41.5. The number of hydrogen-bond donors (Lipinski definition) is 3. The van der Waals surface area contributed by atoms with Gasteiger partial charge in [-0.05, 0) is 99.3 Å². The maximum atomic E-state index is 16.0. The number of benzene rings is 2. The third-order valence-electron chi connectivity index (χ3n) is 13.7. The Balaban J connectivity index is 0.784. The molecule has 0 bridgehead atoms. The van der Waals surface area contributed by atoms with Gasteiger partial charge in [-0.25, -0.2) is 22.5 Å². The Morgan fingerprint density at radius 2 is 1.78 bits per heavy atom. The van der Waals surface area contributed by atoms with Crippen molar-refractivity contribution >= 4 is 68.4 Å². The van der Waals surface area contributed by atoms with Gasteiger partial charge in [0, 0.05) is 56.0 Å². The predicted molar refractivity (Wildman–Crippen MR) is 230 cm³/mol. The van der Waals surface area contributed by atoms with Gasteiger partial charge < -0.3 is 29.7 Å². The lowest BCUT2D eigenvalue weighted by atomic mass is 9.86. The highest BCUT2D eigenvalue weighted by Crippen LogP contribution is 2.46. The van der Waals surface area contributed by atoms with Gasteiger partial charge in [0.1, 0.15) is 17.0 Å². The molecule has 14 nitrogen and oxygen atoms in total. The van der Waals surface area contributed by atoms with E-state index in [-0.39, 0.29) is 64.7 Å². The van der Waals surface area contributed by atoms with Crippen molar-refractivity contribution < 1.29 is 31.9 Å². The average molecular weight is 891 g/mol. The van der Waals surface area contributed by atoms with E-state index in [1.54, 1.807) is 41.9 Å². The molecule has 332 valence electrons. The van der Waals surface area contributed by atoms with Crippen molar-refractivity contribution in [3.63, 3.8) is 0 Å². The molecule has 10 rings (SSSR count). The molecule has 1 unspecified atom stereocenters. The number of pyridine rings is 1. The highest BCUT2D eigenvalue weighted by molar-refractivity contribution is 6.33. The molecule has 1 aliphatic carbocycles. The molecule has 4 fully saturated rings. The number of carbonyl (C=O) groups excluding carboxylic acids is 2. The van der Waals surface area contributed by atoms with Gasteiger partial charge in [-0.3, -0.25) is 24.4 Å². The van der Waals surface area contributed by atoms with Crippen LogP contribution in [0.1, 0.15) is 68.0 Å². The lowest BCUT2D eigenvalue weighted by Gasteiger charge is -2.39. The van der Waals surface area contributed by atoms with Crippen LogP contribution >= 0.6 is 11.6 Å². The van der Waals surface area contributed by atoms with Gasteiger partial charge in [0.2, 0.25) is 23.5 Å². The van der Waals surface area contributed by atoms with E-state index >= 15 is 17.6 Å². The van der Waals surface area contributed by atoms with Crippen molar-refractivity contribution in [3.8, 4) is 5.75 Å². The largest absolute Gasteiger partial charge is 0.480 e. The second-order valence-corrected chi connectivity index (χ2v) is 18.2. The number of aryl methyl sites for hydroxylation is 2. The Labute approximate surface area is 364 Å². The van der Waals surface area contributed by atoms with Gasteiger partial charge in [0.05, 0.1) is 47.1 Å². The van der Waals surface area contributed by atoms with Crippen molar-refractivity contribution in [1.29, 1.82) is 0 Å². The minimum absolute atomic E-state index is 0.0240. The normalized spacial score (nSPS) is 24.5. The molecule has 0 radical (unpaired) electrons. The molecule has 2 amide bonds. The molecule has 3 aromatic heterocycles. The van der Waals surface area contributed by atoms with E-state index in [1.807, 2.05) is 6.07 Å². The van der Waals surface area contributed by atoms with Crippen molar-refractivity contribution in [2.24, 2.45) is 25.9 Å². The summed E-state index contributed by atoms with van der Waals surface area (Å²) in [5, 5.41) is 14.5. The minimum atomic E-state index is -3.17. The number of likely N-dealkylation sites (tertiary alicyclic amines) is 1. The highest BCUT2D eigenvalue weighted by Gasteiger charge is 2.51. The van der Waals surface area contributed by atoms with Crippen LogP contribution in [0.15, 0.2) is 41.3 Å². The number of ether oxygens (including phenoxy) is 1. The molecule has 7 heterocycles. The van der Waals surface area contributed by atoms with Gasteiger partial charge >= 0.3 is 5.92 Å². The quantitative estimate of drug-likeness (QED) is 0.115. The molecular weight excluding hydrogens is 844 g/mol. The zero-order chi connectivity index (χ0) is 43.9. The number of rotatable bonds is 8. The van der Waals surface area contributed by atoms with Crippen molar-refractivity contribution in [1.82, 2.24) is 34.5 Å². The molecule has 2 aromatic carbocycles. The number of aromatic nitrogens is 5. The summed E-state index contributed by atoms with van der Waals surface area (Å²) in [5.41, 5.74) is 2.58. The zero-order valence-electron chi connectivity index (χ0n) is 34.8. The molecule has 5 aliphatic rings. The van der Waals surface area contributed by atoms with E-state index in [1.165, 1.54) is 16.8 Å². The molecule has 4 aliphatic heterocycles. The number of nitrogens with one attached hydrogen (secondary N) is 3. The SMILES string of the molecule is Cn1nc(C2CCC(=O)NC2=O)c2cc(F)c(C3CCN(C[C@@H]4CCN(c5ncc(Cl)c(Nc6ccc7c(c6)c6c(c(=O)n7C)OCC(F)(F)[C@H](C7CC7)N6)n5)C[C@@H]4F)CC3)cc21. The molecule has 63 heavy (non-hydrogen) atoms. The smallest absolute Gasteiger partial charge is 0.301 e. The second-order valence-electron chi connectivity index (χ2n) is 17.8. The Morgan fingerprint density at radius 3 is 2.52 bits per heavy atom. The number of imide groups is 1. The number of anilines is 4. The standard InChI is InChI=1S/C44H47ClF4N10O4/c1-56-33-7-5-25(15-28(33)37-38(42(56)62)63-21-44(48,49)39(53-37)23-3-4-23)51-40-30(45)18-50-43(54-40)59-14-11-24(32(47)20-59)19-58-12-9-22(10-13-58)27-17-34-29(16-31(27)46)36(55-57(34)2)26-6-8-35(60)52-41(26)61/h5,7,15-18,22-24,26,32,39,53H,3-4,6,8-14,19-21H2,1-2H3,(H,50,51,54)(H,52,60,61)/t24-,26?,32-,39-/m0/s1. The summed E-state index contributed by atoms with van der Waals surface area (Å²) < 4.78 is 70.6. The number of piperidine rings is 3. The number of hydrogen-bond acceptors (Lipinski definition) is 11. The van der Waals surface area contributed by atoms with E-state index < -0.39 is 42.1 Å². The van der Waals surface area contributed by atoms with Gasteiger partial charge in [0.25, 0.3) is 5.56 Å². The Bertz CT molecular complexity index is 2720. The fraction of sp³-hybridized carbons (Fsp3) is 0.500. The summed E-state index contributed by atoms with van der Waals surface area (Å²) in [6.45, 7) is 1.69. The Morgan fingerprint density at radius 1 is 0.984 bits per heavy atom. The topological polar surface area (TPSA) is 152 Å². The molecule has 1 saturated carbocycles. The van der Waals surface area contributed by atoms with Crippen molar-refractivity contribution in [2.75, 3.05) is 54.9 Å². The van der Waals surface area contributed by atoms with Gasteiger partial charge in [-0.1, -0.05) is 11.6 Å². The predicted octanol–water partition coefficient (Wildman–Crippen LogP) is 6.53. The summed E-state index contributed by atoms with van der Waals surface area (Å²) in [5.74, 6) is -4.88. The maximum Gasteiger partial charge on any atom is 0.301 e. The molecule has 3 saturated heterocycles. The number of amides is 2. The van der Waals surface area contributed by atoms with E-state index in [0.717, 1.165) is 5.52 Å². The van der Waals surface area contributed by atoms with Crippen LogP contribution in [0.5, 0.6) is 5.75 Å². The fourth-order valence-corrected chi connectivity index (χ4v) is 10.1.